The lowest BCUT2D eigenvalue weighted by Gasteiger charge is -2.13. The molecular weight excluding hydrogens is 352 g/mol. The minimum atomic E-state index is 0.526. The molecule has 0 aliphatic carbocycles. The van der Waals surface area contributed by atoms with Gasteiger partial charge in [0.1, 0.15) is 17.5 Å². The first-order valence-electron chi connectivity index (χ1n) is 8.49. The van der Waals surface area contributed by atoms with E-state index in [1.54, 1.807) is 17.5 Å². The minimum absolute atomic E-state index is 0.526. The molecule has 0 amide bonds. The van der Waals surface area contributed by atoms with E-state index in [9.17, 15) is 5.26 Å². The standard InChI is InChI=1S/C22H16N4S/c1-15-7-9-16(10-8-15)25-22-18(14-23)17(21-6-4-12-27-21)13-20(26-22)19-5-2-3-11-24-19/h2-13H,1H3,(H,25,26). The number of pyridine rings is 2. The summed E-state index contributed by atoms with van der Waals surface area (Å²) >= 11 is 1.60. The number of benzene rings is 1. The van der Waals surface area contributed by atoms with Gasteiger partial charge in [-0.2, -0.15) is 5.26 Å². The van der Waals surface area contributed by atoms with Crippen LogP contribution in [0.15, 0.2) is 72.2 Å². The highest BCUT2D eigenvalue weighted by atomic mass is 32.1. The van der Waals surface area contributed by atoms with Crippen molar-refractivity contribution in [2.45, 2.75) is 6.92 Å². The first-order valence-corrected chi connectivity index (χ1v) is 9.36. The third-order valence-electron chi connectivity index (χ3n) is 4.16. The first kappa shape index (κ1) is 17.0. The number of rotatable bonds is 4. The lowest BCUT2D eigenvalue weighted by molar-refractivity contribution is 1.23. The van der Waals surface area contributed by atoms with Crippen molar-refractivity contribution in [3.63, 3.8) is 0 Å². The van der Waals surface area contributed by atoms with Gasteiger partial charge in [0.15, 0.2) is 0 Å². The Kier molecular flexibility index (Phi) is 4.65. The third-order valence-corrected chi connectivity index (χ3v) is 5.06. The summed E-state index contributed by atoms with van der Waals surface area (Å²) in [7, 11) is 0. The molecule has 4 nitrogen and oxygen atoms in total. The Morgan fingerprint density at radius 3 is 2.52 bits per heavy atom. The predicted molar refractivity (Wildman–Crippen MR) is 110 cm³/mol. The van der Waals surface area contributed by atoms with Gasteiger partial charge >= 0.3 is 0 Å². The maximum absolute atomic E-state index is 9.84. The van der Waals surface area contributed by atoms with Crippen LogP contribution in [0.1, 0.15) is 11.1 Å². The fraction of sp³-hybridized carbons (Fsp3) is 0.0455. The van der Waals surface area contributed by atoms with Gasteiger partial charge in [-0.1, -0.05) is 29.8 Å². The van der Waals surface area contributed by atoms with E-state index >= 15 is 0 Å². The summed E-state index contributed by atoms with van der Waals surface area (Å²) in [6, 6.07) is 22.0. The molecule has 130 valence electrons. The molecule has 0 saturated heterocycles. The Bertz CT molecular complexity index is 1100. The summed E-state index contributed by atoms with van der Waals surface area (Å²) in [6.45, 7) is 2.04. The quantitative estimate of drug-likeness (QED) is 0.495. The zero-order valence-electron chi connectivity index (χ0n) is 14.7. The zero-order valence-corrected chi connectivity index (χ0v) is 15.5. The largest absolute Gasteiger partial charge is 0.339 e. The Morgan fingerprint density at radius 2 is 1.85 bits per heavy atom. The molecule has 0 saturated carbocycles. The Balaban J connectivity index is 1.89. The zero-order chi connectivity index (χ0) is 18.6. The highest BCUT2D eigenvalue weighted by Gasteiger charge is 2.16. The molecule has 0 aliphatic heterocycles. The number of aromatic nitrogens is 2. The first-order chi connectivity index (χ1) is 13.2. The molecule has 5 heteroatoms. The van der Waals surface area contributed by atoms with Crippen LogP contribution in [0.5, 0.6) is 0 Å². The molecule has 1 N–H and O–H groups in total. The Morgan fingerprint density at radius 1 is 1.00 bits per heavy atom. The molecule has 4 rings (SSSR count). The molecule has 0 fully saturated rings. The van der Waals surface area contributed by atoms with Crippen molar-refractivity contribution < 1.29 is 0 Å². The van der Waals surface area contributed by atoms with Crippen molar-refractivity contribution in [2.24, 2.45) is 0 Å². The topological polar surface area (TPSA) is 61.6 Å². The maximum Gasteiger partial charge on any atom is 0.149 e. The minimum Gasteiger partial charge on any atom is -0.339 e. The number of aryl methyl sites for hydroxylation is 1. The van der Waals surface area contributed by atoms with Gasteiger partial charge in [0.25, 0.3) is 0 Å². The highest BCUT2D eigenvalue weighted by molar-refractivity contribution is 7.13. The van der Waals surface area contributed by atoms with E-state index < -0.39 is 0 Å². The van der Waals surface area contributed by atoms with Gasteiger partial charge < -0.3 is 5.32 Å². The molecule has 1 aromatic carbocycles. The summed E-state index contributed by atoms with van der Waals surface area (Å²) in [5, 5.41) is 15.2. The fourth-order valence-electron chi connectivity index (χ4n) is 2.79. The molecule has 0 spiro atoms. The smallest absolute Gasteiger partial charge is 0.149 e. The van der Waals surface area contributed by atoms with E-state index in [0.717, 1.165) is 27.5 Å². The fourth-order valence-corrected chi connectivity index (χ4v) is 3.54. The van der Waals surface area contributed by atoms with Gasteiger partial charge in [-0.3, -0.25) is 4.98 Å². The second kappa shape index (κ2) is 7.40. The highest BCUT2D eigenvalue weighted by Crippen LogP contribution is 2.35. The van der Waals surface area contributed by atoms with Crippen LogP contribution < -0.4 is 5.32 Å². The third kappa shape index (κ3) is 3.57. The van der Waals surface area contributed by atoms with Gasteiger partial charge in [0.2, 0.25) is 0 Å². The van der Waals surface area contributed by atoms with E-state index in [2.05, 4.69) is 16.4 Å². The molecular formula is C22H16N4S. The molecule has 0 atom stereocenters. The molecule has 0 bridgehead atoms. The van der Waals surface area contributed by atoms with E-state index in [1.807, 2.05) is 73.0 Å². The summed E-state index contributed by atoms with van der Waals surface area (Å²) in [5.41, 5.74) is 4.95. The van der Waals surface area contributed by atoms with Gasteiger partial charge in [-0.25, -0.2) is 4.98 Å². The van der Waals surface area contributed by atoms with Gasteiger partial charge in [0, 0.05) is 22.3 Å². The van der Waals surface area contributed by atoms with E-state index in [-0.39, 0.29) is 0 Å². The number of hydrogen-bond donors (Lipinski definition) is 1. The van der Waals surface area contributed by atoms with E-state index in [4.69, 9.17) is 4.98 Å². The average molecular weight is 368 g/mol. The van der Waals surface area contributed by atoms with Crippen molar-refractivity contribution in [3.8, 4) is 27.9 Å². The van der Waals surface area contributed by atoms with Crippen LogP contribution in [0, 0.1) is 18.3 Å². The molecule has 0 radical (unpaired) electrons. The van der Waals surface area contributed by atoms with Crippen LogP contribution in [0.25, 0.3) is 21.8 Å². The van der Waals surface area contributed by atoms with Crippen molar-refractivity contribution >= 4 is 22.8 Å². The number of nitrogens with zero attached hydrogens (tertiary/aromatic N) is 3. The second-order valence-electron chi connectivity index (χ2n) is 6.07. The SMILES string of the molecule is Cc1ccc(Nc2nc(-c3ccccn3)cc(-c3cccs3)c2C#N)cc1. The van der Waals surface area contributed by atoms with Gasteiger partial charge in [-0.15, -0.1) is 11.3 Å². The van der Waals surface area contributed by atoms with E-state index in [0.29, 0.717) is 11.4 Å². The normalized spacial score (nSPS) is 10.4. The predicted octanol–water partition coefficient (Wildman–Crippen LogP) is 5.80. The number of anilines is 2. The summed E-state index contributed by atoms with van der Waals surface area (Å²) in [5.74, 6) is 0.535. The van der Waals surface area contributed by atoms with Crippen molar-refractivity contribution in [3.05, 3.63) is 83.4 Å². The van der Waals surface area contributed by atoms with Crippen LogP contribution in [0.4, 0.5) is 11.5 Å². The van der Waals surface area contributed by atoms with E-state index in [1.165, 1.54) is 5.56 Å². The van der Waals surface area contributed by atoms with Crippen molar-refractivity contribution in [2.75, 3.05) is 5.32 Å². The van der Waals surface area contributed by atoms with Crippen LogP contribution in [0.2, 0.25) is 0 Å². The summed E-state index contributed by atoms with van der Waals surface area (Å²) in [6.07, 6.45) is 1.74. The lowest BCUT2D eigenvalue weighted by atomic mass is 10.1. The van der Waals surface area contributed by atoms with Crippen LogP contribution in [-0.4, -0.2) is 9.97 Å². The summed E-state index contributed by atoms with van der Waals surface area (Å²) < 4.78 is 0. The average Bonchev–Trinajstić information content (AvgIpc) is 3.24. The van der Waals surface area contributed by atoms with Crippen molar-refractivity contribution in [1.82, 2.24) is 9.97 Å². The Labute approximate surface area is 161 Å². The van der Waals surface area contributed by atoms with Crippen molar-refractivity contribution in [1.29, 1.82) is 5.26 Å². The van der Waals surface area contributed by atoms with Gasteiger partial charge in [-0.05, 0) is 48.7 Å². The monoisotopic (exact) mass is 368 g/mol. The molecule has 3 aromatic heterocycles. The number of hydrogen-bond acceptors (Lipinski definition) is 5. The molecule has 4 aromatic rings. The van der Waals surface area contributed by atoms with Crippen LogP contribution >= 0.6 is 11.3 Å². The Hall–Kier alpha value is -3.49. The number of nitriles is 1. The van der Waals surface area contributed by atoms with Crippen LogP contribution in [-0.2, 0) is 0 Å². The molecule has 3 heterocycles. The number of thiophene rings is 1. The lowest BCUT2D eigenvalue weighted by Crippen LogP contribution is -2.01. The maximum atomic E-state index is 9.84. The number of nitrogens with one attached hydrogen (secondary N) is 1. The molecule has 0 aliphatic rings. The second-order valence-corrected chi connectivity index (χ2v) is 7.02. The van der Waals surface area contributed by atoms with Crippen LogP contribution in [0.3, 0.4) is 0 Å². The molecule has 0 unspecified atom stereocenters. The van der Waals surface area contributed by atoms with Gasteiger partial charge in [0.05, 0.1) is 11.4 Å². The summed E-state index contributed by atoms with van der Waals surface area (Å²) in [4.78, 5) is 10.2. The molecule has 27 heavy (non-hydrogen) atoms.